The molecule has 135 heavy (non-hydrogen) atoms. The molecular weight excluding hydrogens is 1770 g/mol. The Bertz CT molecular complexity index is 6430. The summed E-state index contributed by atoms with van der Waals surface area (Å²) < 4.78 is 50.0. The van der Waals surface area contributed by atoms with Crippen LogP contribution in [-0.4, -0.2) is 116 Å². The SMILES string of the molecule is CC(C)CCCc1cc(Cl)c(F)c(-c2cc3cn(-c4ccc(CN[C@H](CCN=C(N)N)CNc5ccccn5)cc4)c(=O)nc3[nH]2)c1.CC(C)CCCc1cc(Cl)c(F)c(-c2cc3cn(-c4ccc([C@@H]5CCC[C@@H](C[C@@H](O)c6ccn[nH]6)N5)cc4)c(=O)nc3[nH]2)c1.CC(C)CCCc1cc(Cl)c(F)c(-c2cc3cn(-c4ccc([C@@H]5CCC[C@@H](C[C@H](O)c6ccn[nH]6)N5)cc4)c(=O)nc3[nH]2)c1. The number of aliphatic imine (C=N–C) groups is 1. The van der Waals surface area contributed by atoms with Crippen LogP contribution in [0.15, 0.2) is 214 Å². The summed E-state index contributed by atoms with van der Waals surface area (Å²) in [5.74, 6) is 1.16. The molecule has 2 aliphatic heterocycles. The minimum Gasteiger partial charge on any atom is -0.387 e. The number of hydrogen-bond acceptors (Lipinski definition) is 16. The fourth-order valence-corrected chi connectivity index (χ4v) is 18.5. The van der Waals surface area contributed by atoms with E-state index in [0.29, 0.717) is 141 Å². The third-order valence-electron chi connectivity index (χ3n) is 25.1. The number of aliphatic hydroxyl groups is 2. The van der Waals surface area contributed by atoms with Gasteiger partial charge < -0.3 is 57.9 Å². The number of fused-ring (bicyclic) bond motifs is 3. The van der Waals surface area contributed by atoms with Crippen molar-refractivity contribution in [3.8, 4) is 50.8 Å². The van der Waals surface area contributed by atoms with Crippen LogP contribution < -0.4 is 49.8 Å². The van der Waals surface area contributed by atoms with Gasteiger partial charge >= 0.3 is 17.1 Å². The number of nitrogens with one attached hydrogen (secondary N) is 9. The van der Waals surface area contributed by atoms with E-state index in [1.54, 1.807) is 73.6 Å². The van der Waals surface area contributed by atoms with E-state index in [1.165, 1.54) is 13.7 Å². The molecule has 706 valence electrons. The van der Waals surface area contributed by atoms with Crippen molar-refractivity contribution < 1.29 is 23.4 Å². The Kier molecular flexibility index (Phi) is 32.7. The summed E-state index contributed by atoms with van der Waals surface area (Å²) in [4.78, 5) is 69.7. The summed E-state index contributed by atoms with van der Waals surface area (Å²) in [5, 5.41) is 51.3. The molecule has 0 radical (unpaired) electrons. The average molecular weight is 1890 g/mol. The van der Waals surface area contributed by atoms with Gasteiger partial charge in [0, 0.05) is 120 Å². The van der Waals surface area contributed by atoms with E-state index in [-0.39, 0.29) is 51.2 Å². The molecule has 17 rings (SSSR count). The predicted octanol–water partition coefficient (Wildman–Crippen LogP) is 20.1. The van der Waals surface area contributed by atoms with Crippen molar-refractivity contribution in [2.45, 2.75) is 206 Å². The van der Waals surface area contributed by atoms with Crippen molar-refractivity contribution in [3.63, 3.8) is 0 Å². The Morgan fingerprint density at radius 2 is 0.881 bits per heavy atom. The van der Waals surface area contributed by atoms with Crippen LogP contribution >= 0.6 is 34.8 Å². The number of H-pyrrole nitrogens is 5. The minimum absolute atomic E-state index is 0.0640. The van der Waals surface area contributed by atoms with Gasteiger partial charge in [0.15, 0.2) is 23.4 Å². The fourth-order valence-electron chi connectivity index (χ4n) is 17.8. The molecule has 2 fully saturated rings. The summed E-state index contributed by atoms with van der Waals surface area (Å²) >= 11 is 18.8. The van der Waals surface area contributed by atoms with E-state index in [4.69, 9.17) is 46.3 Å². The summed E-state index contributed by atoms with van der Waals surface area (Å²) in [5.41, 5.74) is 23.3. The minimum atomic E-state index is -0.591. The van der Waals surface area contributed by atoms with Crippen molar-refractivity contribution in [2.24, 2.45) is 34.2 Å². The molecule has 7 atom stereocenters. The van der Waals surface area contributed by atoms with Crippen LogP contribution in [0.3, 0.4) is 0 Å². The molecular formula is C103H117Cl3F3N21O5. The number of pyridine rings is 1. The molecule has 0 saturated carbocycles. The molecule has 0 unspecified atom stereocenters. The molecule has 26 nitrogen and oxygen atoms in total. The van der Waals surface area contributed by atoms with Gasteiger partial charge in [-0.2, -0.15) is 25.1 Å². The molecule has 9 aromatic heterocycles. The van der Waals surface area contributed by atoms with Crippen LogP contribution in [0.5, 0.6) is 0 Å². The second kappa shape index (κ2) is 45.3. The zero-order valence-electron chi connectivity index (χ0n) is 76.6. The number of aryl methyl sites for hydroxylation is 3. The third-order valence-corrected chi connectivity index (χ3v) is 25.9. The number of guanidine groups is 1. The highest BCUT2D eigenvalue weighted by Gasteiger charge is 2.29. The first kappa shape index (κ1) is 97.2. The highest BCUT2D eigenvalue weighted by atomic mass is 35.5. The Morgan fingerprint density at radius 1 is 0.489 bits per heavy atom. The molecule has 15 N–H and O–H groups in total. The van der Waals surface area contributed by atoms with E-state index in [1.807, 2.05) is 121 Å². The highest BCUT2D eigenvalue weighted by molar-refractivity contribution is 6.32. The van der Waals surface area contributed by atoms with Crippen LogP contribution in [0.2, 0.25) is 15.1 Å². The number of rotatable bonds is 35. The Labute approximate surface area is 796 Å². The number of nitrogens with two attached hydrogens (primary N) is 2. The molecule has 0 amide bonds. The maximum absolute atomic E-state index is 15.2. The summed E-state index contributed by atoms with van der Waals surface area (Å²) in [6, 6.07) is 49.5. The Hall–Kier alpha value is -12.3. The molecule has 32 heteroatoms. The lowest BCUT2D eigenvalue weighted by Crippen LogP contribution is -2.38. The quantitative estimate of drug-likeness (QED) is 0.0130. The molecule has 11 heterocycles. The smallest absolute Gasteiger partial charge is 0.354 e. The topological polar surface area (TPSA) is 375 Å². The largest absolute Gasteiger partial charge is 0.387 e. The number of halogens is 6. The fraction of sp³-hybridized carbons (Fsp3) is 0.359. The van der Waals surface area contributed by atoms with Gasteiger partial charge in [0.1, 0.15) is 22.8 Å². The number of aliphatic hydroxyl groups excluding tert-OH is 2. The zero-order valence-corrected chi connectivity index (χ0v) is 78.9. The third kappa shape index (κ3) is 25.5. The first-order valence-electron chi connectivity index (χ1n) is 46.6. The first-order chi connectivity index (χ1) is 65.1. The number of nitrogens with zero attached hydrogens (tertiary/aromatic N) is 10. The van der Waals surface area contributed by atoms with Crippen LogP contribution in [-0.2, 0) is 25.8 Å². The van der Waals surface area contributed by atoms with E-state index < -0.39 is 46.7 Å². The van der Waals surface area contributed by atoms with Gasteiger partial charge in [0.2, 0.25) is 0 Å². The summed E-state index contributed by atoms with van der Waals surface area (Å²) in [6.45, 7) is 14.8. The van der Waals surface area contributed by atoms with E-state index in [9.17, 15) is 24.6 Å². The number of aromatic amines is 5. The zero-order chi connectivity index (χ0) is 94.9. The number of hydrogen-bond donors (Lipinski definition) is 13. The predicted molar refractivity (Wildman–Crippen MR) is 532 cm³/mol. The van der Waals surface area contributed by atoms with Crippen molar-refractivity contribution in [3.05, 3.63) is 304 Å². The van der Waals surface area contributed by atoms with Crippen molar-refractivity contribution in [2.75, 3.05) is 18.4 Å². The second-order valence-electron chi connectivity index (χ2n) is 36.7. The van der Waals surface area contributed by atoms with Gasteiger partial charge in [-0.15, -0.1) is 0 Å². The summed E-state index contributed by atoms with van der Waals surface area (Å²) in [7, 11) is 0. The van der Waals surface area contributed by atoms with Crippen molar-refractivity contribution in [1.29, 1.82) is 0 Å². The Balaban J connectivity index is 0.000000154. The summed E-state index contributed by atoms with van der Waals surface area (Å²) in [6.07, 6.45) is 25.7. The standard InChI is InChI=1S/C35H41ClFN9O.2C34H38ClFN6O2/c1-22(2)6-5-7-24-16-28(32(37)29(36)17-24)30-18-25-21-46(35(47)45-33(25)44-30)27-11-9-23(10-12-27)19-42-26(13-15-41-34(38)39)20-43-31-8-3-4-14-40-31;2*1-20(2)5-3-6-21-15-26(32(36)27(35)16-21)30-17-23-19-42(34(44)40-33(23)39-30)25-11-9-22(10-12-25)28-8-4-7-24(38-28)18-31(43)29-13-14-37-41-29/h3-4,8-12,14,16-18,21-22,26,42H,5-7,13,15,19-20H2,1-2H3,(H,40,43)(H4,38,39,41)(H,44,45,47);2*9-17,19-20,24,28,31,38,43H,3-8,18H2,1-2H3,(H,37,41)(H,39,40,44)/t26-;24-,28-,31+;24-,28-,31-/m100/s1. The number of aromatic nitrogens is 14. The lowest BCUT2D eigenvalue weighted by atomic mass is 9.90. The number of benzene rings is 6. The van der Waals surface area contributed by atoms with Crippen LogP contribution in [0.4, 0.5) is 19.0 Å². The highest BCUT2D eigenvalue weighted by Crippen LogP contribution is 2.38. The molecule has 6 aromatic carbocycles. The van der Waals surface area contributed by atoms with Crippen LogP contribution in [0, 0.1) is 35.2 Å². The first-order valence-corrected chi connectivity index (χ1v) is 47.7. The monoisotopic (exact) mass is 1890 g/mol. The van der Waals surface area contributed by atoms with Gasteiger partial charge in [-0.3, -0.25) is 28.9 Å². The van der Waals surface area contributed by atoms with E-state index >= 15 is 13.2 Å². The van der Waals surface area contributed by atoms with Gasteiger partial charge in [-0.1, -0.05) is 151 Å². The number of anilines is 1. The van der Waals surface area contributed by atoms with Crippen LogP contribution in [0.25, 0.3) is 83.9 Å². The number of piperidine rings is 2. The van der Waals surface area contributed by atoms with E-state index in [2.05, 4.69) is 123 Å². The maximum Gasteiger partial charge on any atom is 0.354 e. The normalized spacial score (nSPS) is 15.8. The molecule has 0 spiro atoms. The Morgan fingerprint density at radius 3 is 1.24 bits per heavy atom. The lowest BCUT2D eigenvalue weighted by Gasteiger charge is -2.32. The van der Waals surface area contributed by atoms with Gasteiger partial charge in [-0.05, 0) is 250 Å². The average Bonchev–Trinajstić information content (AvgIpc) is 1.65. The van der Waals surface area contributed by atoms with Crippen LogP contribution in [0.1, 0.15) is 207 Å². The second-order valence-corrected chi connectivity index (χ2v) is 37.9. The van der Waals surface area contributed by atoms with Gasteiger partial charge in [0.05, 0.1) is 72.8 Å². The van der Waals surface area contributed by atoms with Gasteiger partial charge in [0.25, 0.3) is 0 Å². The molecule has 2 saturated heterocycles. The van der Waals surface area contributed by atoms with Crippen molar-refractivity contribution >= 4 is 79.7 Å². The lowest BCUT2D eigenvalue weighted by molar-refractivity contribution is 0.134. The van der Waals surface area contributed by atoms with Gasteiger partial charge in [-0.25, -0.2) is 32.5 Å². The molecule has 0 aliphatic carbocycles. The molecule has 15 aromatic rings. The maximum atomic E-state index is 15.2. The van der Waals surface area contributed by atoms with E-state index in [0.717, 1.165) is 147 Å². The molecule has 2 aliphatic rings. The molecule has 0 bridgehead atoms. The van der Waals surface area contributed by atoms with Crippen molar-refractivity contribution in [1.82, 2.24) is 84.9 Å².